The van der Waals surface area contributed by atoms with Gasteiger partial charge in [0.25, 0.3) is 20.0 Å². The number of benzene rings is 6. The monoisotopic (exact) mass is 1550 g/mol. The summed E-state index contributed by atoms with van der Waals surface area (Å²) >= 11 is 0. The van der Waals surface area contributed by atoms with Crippen molar-refractivity contribution in [3.05, 3.63) is 157 Å². The third-order valence-electron chi connectivity index (χ3n) is 15.5. The zero-order valence-electron chi connectivity index (χ0n) is 58.8. The predicted octanol–water partition coefficient (Wildman–Crippen LogP) is 9.50. The van der Waals surface area contributed by atoms with E-state index in [0.717, 1.165) is 60.2 Å². The second kappa shape index (κ2) is 35.5. The maximum Gasteiger partial charge on any atom is 0.307 e. The molecule has 0 fully saturated rings. The lowest BCUT2D eigenvalue weighted by Gasteiger charge is -2.21. The van der Waals surface area contributed by atoms with Crippen LogP contribution in [-0.2, 0) is 93.4 Å². The molecule has 103 heavy (non-hydrogen) atoms. The second-order valence-electron chi connectivity index (χ2n) is 24.9. The molecule has 560 valence electrons. The fraction of sp³-hybridized carbons (Fsp3) is 0.382. The average Bonchev–Trinajstić information content (AvgIpc) is 0.779. The topological polar surface area (TPSA) is 470 Å². The van der Waals surface area contributed by atoms with Crippen molar-refractivity contribution in [3.63, 3.8) is 0 Å². The molecule has 6 rings (SSSR count). The number of rotatable bonds is 23. The summed E-state index contributed by atoms with van der Waals surface area (Å²) in [6.45, 7) is 24.2. The number of aromatic hydroxyl groups is 3. The number of carbonyl (C=O) groups is 3. The maximum absolute atomic E-state index is 14.9. The molecule has 6 aromatic rings. The smallest absolute Gasteiger partial charge is 0.307 e. The Labute approximate surface area is 599 Å². The zero-order valence-corrected chi connectivity index (χ0v) is 63.7. The number of sulfone groups is 2. The number of carboxylic acids is 1. The highest BCUT2D eigenvalue weighted by molar-refractivity contribution is 7.92. The van der Waals surface area contributed by atoms with Gasteiger partial charge >= 0.3 is 5.97 Å². The first-order valence-electron chi connectivity index (χ1n) is 31.3. The first-order valence-corrected chi connectivity index (χ1v) is 40.6. The van der Waals surface area contributed by atoms with Gasteiger partial charge in [0.05, 0.1) is 62.1 Å². The van der Waals surface area contributed by atoms with Gasteiger partial charge < -0.3 is 20.4 Å². The lowest BCUT2D eigenvalue weighted by molar-refractivity contribution is -0.136. The Bertz CT molecular complexity index is 4910. The van der Waals surface area contributed by atoms with Gasteiger partial charge in [0, 0.05) is 6.07 Å². The van der Waals surface area contributed by atoms with Crippen LogP contribution in [0.5, 0.6) is 17.2 Å². The van der Waals surface area contributed by atoms with Crippen LogP contribution in [0.4, 0.5) is 13.2 Å². The fourth-order valence-electron chi connectivity index (χ4n) is 10.6. The van der Waals surface area contributed by atoms with Crippen LogP contribution < -0.4 is 19.3 Å². The van der Waals surface area contributed by atoms with Gasteiger partial charge in [-0.15, -0.1) is 0 Å². The third-order valence-corrected chi connectivity index (χ3v) is 24.2. The van der Waals surface area contributed by atoms with Gasteiger partial charge in [0.2, 0.25) is 31.9 Å². The number of hydrogen-bond donors (Lipinski definition) is 8. The van der Waals surface area contributed by atoms with E-state index in [0.29, 0.717) is 33.4 Å². The van der Waals surface area contributed by atoms with Gasteiger partial charge in [-0.1, -0.05) is 96.9 Å². The van der Waals surface area contributed by atoms with Crippen LogP contribution >= 0.6 is 0 Å². The molecule has 0 aromatic heterocycles. The number of nitrogens with zero attached hydrogens (tertiary/aromatic N) is 3. The summed E-state index contributed by atoms with van der Waals surface area (Å²) in [6.07, 6.45) is -1.18. The third kappa shape index (κ3) is 22.0. The minimum absolute atomic E-state index is 0.0125. The summed E-state index contributed by atoms with van der Waals surface area (Å²) in [7, 11) is -23.1. The Morgan fingerprint density at radius 1 is 0.437 bits per heavy atom. The highest BCUT2D eigenvalue weighted by atomic mass is 32.2. The van der Waals surface area contributed by atoms with E-state index in [1.54, 1.807) is 69.2 Å². The Morgan fingerprint density at radius 3 is 0.942 bits per heavy atom. The van der Waals surface area contributed by atoms with Crippen LogP contribution in [-0.4, -0.2) is 107 Å². The van der Waals surface area contributed by atoms with Gasteiger partial charge in [-0.05, 0) is 159 Å². The molecule has 35 heteroatoms. The van der Waals surface area contributed by atoms with Crippen LogP contribution in [0.3, 0.4) is 0 Å². The van der Waals surface area contributed by atoms with Crippen LogP contribution in [0, 0.1) is 51.4 Å². The summed E-state index contributed by atoms with van der Waals surface area (Å²) in [5.74, 6) is -9.14. The highest BCUT2D eigenvalue weighted by Crippen LogP contribution is 2.37. The molecule has 0 atom stereocenters. The van der Waals surface area contributed by atoms with Crippen LogP contribution in [0.15, 0.2) is 102 Å². The Hall–Kier alpha value is -8.99. The number of hydrogen-bond acceptors (Lipinski definition) is 21. The molecule has 9 N–H and O–H groups in total. The molecule has 0 radical (unpaired) electrons. The summed E-state index contributed by atoms with van der Waals surface area (Å²) in [4.78, 5) is 33.9. The van der Waals surface area contributed by atoms with Gasteiger partial charge in [0.15, 0.2) is 19.7 Å². The number of aliphatic carboxylic acids is 1. The number of nitrogens with one attached hydrogen (secondary N) is 3. The van der Waals surface area contributed by atoms with Crippen molar-refractivity contribution in [3.8, 4) is 35.5 Å². The molecule has 0 saturated heterocycles. The standard InChI is InChI=1S/2C23H27FN2O6S2.C15H18FNO2.C7H10N2O5S2/c2*1-6-33(29,30)16-7-8-20(19(27)10-16)34(31,32)26-21(28)11-18-17(13(2)3)9-15(12-25)23(24)22(18)14(4)5;1-8(2)11-5-10(7-17)15(16)14(9(3)4)12(11)6-13(18)19;1-9-16(13,14)5-2-3-7(6(10)4-5)15(8,11)12/h2*7-10,13-14,27H,6,11H2,1-5H3,(H,26,28);5,8-9H,6H2,1-4H3,(H,18,19);2-4,9-10H,1H3,(H2,8,11,12). The molecule has 0 spiro atoms. The average molecular weight is 1550 g/mol. The molecule has 0 unspecified atom stereocenters. The zero-order chi connectivity index (χ0) is 79.3. The molecule has 2 amide bonds. The number of nitriles is 3. The van der Waals surface area contributed by atoms with E-state index in [9.17, 15) is 104 Å². The van der Waals surface area contributed by atoms with E-state index >= 15 is 0 Å². The lowest BCUT2D eigenvalue weighted by atomic mass is 9.85. The molecule has 26 nitrogen and oxygen atoms in total. The van der Waals surface area contributed by atoms with E-state index in [2.05, 4.69) is 0 Å². The Morgan fingerprint density at radius 2 is 0.709 bits per heavy atom. The molecular weight excluding hydrogens is 1470 g/mol. The summed E-state index contributed by atoms with van der Waals surface area (Å²) in [5.41, 5.74) is 3.28. The number of carbonyl (C=O) groups excluding carboxylic acids is 2. The van der Waals surface area contributed by atoms with Crippen molar-refractivity contribution < 1.29 is 98.5 Å². The Kier molecular flexibility index (Phi) is 30.4. The fourth-order valence-corrected chi connectivity index (χ4v) is 15.8. The van der Waals surface area contributed by atoms with E-state index in [-0.39, 0.29) is 95.9 Å². The van der Waals surface area contributed by atoms with Gasteiger partial charge in [0.1, 0.15) is 67.6 Å². The van der Waals surface area contributed by atoms with Crippen LogP contribution in [0.25, 0.3) is 0 Å². The van der Waals surface area contributed by atoms with Crippen LogP contribution in [0.2, 0.25) is 0 Å². The number of sulfonamides is 4. The number of phenols is 3. The molecular formula is C68H82F3N7O19S6. The quantitative estimate of drug-likeness (QED) is 0.0296. The number of amides is 2. The van der Waals surface area contributed by atoms with Crippen molar-refractivity contribution in [2.45, 2.75) is 181 Å². The second-order valence-corrected chi connectivity index (χ2v) is 36.1. The van der Waals surface area contributed by atoms with Crippen molar-refractivity contribution in [2.75, 3.05) is 18.6 Å². The normalized spacial score (nSPS) is 11.9. The van der Waals surface area contributed by atoms with Crippen molar-refractivity contribution in [1.29, 1.82) is 15.8 Å². The van der Waals surface area contributed by atoms with E-state index in [1.807, 2.05) is 46.2 Å². The summed E-state index contributed by atoms with van der Waals surface area (Å²) in [5, 5.41) is 71.0. The number of phenolic OH excluding ortho intramolecular Hbond substituents is 3. The molecule has 0 heterocycles. The highest BCUT2D eigenvalue weighted by Gasteiger charge is 2.31. The van der Waals surface area contributed by atoms with Crippen molar-refractivity contribution in [1.82, 2.24) is 14.2 Å². The van der Waals surface area contributed by atoms with Crippen molar-refractivity contribution >= 4 is 77.6 Å². The minimum atomic E-state index is -4.56. The number of primary sulfonamides is 1. The summed E-state index contributed by atoms with van der Waals surface area (Å²) in [6, 6.07) is 17.9. The van der Waals surface area contributed by atoms with E-state index < -0.39 is 140 Å². The van der Waals surface area contributed by atoms with Gasteiger partial charge in [-0.25, -0.2) is 83.0 Å². The predicted molar refractivity (Wildman–Crippen MR) is 375 cm³/mol. The molecule has 0 aliphatic heterocycles. The Balaban J connectivity index is 0.000000374. The first kappa shape index (κ1) is 88.2. The van der Waals surface area contributed by atoms with E-state index in [1.165, 1.54) is 39.1 Å². The molecule has 0 aliphatic carbocycles. The number of nitrogens with two attached hydrogens (primary N) is 1. The minimum Gasteiger partial charge on any atom is -0.506 e. The molecule has 0 bridgehead atoms. The number of halogens is 3. The van der Waals surface area contributed by atoms with Gasteiger partial charge in [-0.3, -0.25) is 14.4 Å². The number of carboxylic acid groups (broad SMARTS) is 1. The van der Waals surface area contributed by atoms with Crippen molar-refractivity contribution in [2.24, 2.45) is 5.14 Å². The summed E-state index contributed by atoms with van der Waals surface area (Å²) < 4.78 is 193. The van der Waals surface area contributed by atoms with Crippen LogP contribution in [0.1, 0.15) is 199 Å². The van der Waals surface area contributed by atoms with E-state index in [4.69, 9.17) is 15.5 Å². The SMILES string of the molecule is CC(C)c1cc(C#N)c(F)c(C(C)C)c1CC(=O)O.CCS(=O)(=O)c1ccc(S(=O)(=O)NC(=O)Cc2c(C(C)C)cc(C#N)c(F)c2C(C)C)c(O)c1.CCS(=O)(=O)c1ccc(S(=O)(=O)NC(=O)Cc2c(C(C)C)cc(C#N)c(F)c2C(C)C)c(O)c1.CNS(=O)(=O)c1ccc(S(N)(=O)=O)c(O)c1. The maximum atomic E-state index is 14.9. The largest absolute Gasteiger partial charge is 0.506 e. The molecule has 6 aromatic carbocycles. The molecule has 0 aliphatic rings. The van der Waals surface area contributed by atoms with Gasteiger partial charge in [-0.2, -0.15) is 15.8 Å². The molecule has 0 saturated carbocycles. The lowest BCUT2D eigenvalue weighted by Crippen LogP contribution is -2.32. The first-order chi connectivity index (χ1) is 47.3.